The lowest BCUT2D eigenvalue weighted by molar-refractivity contribution is -0.385. The van der Waals surface area contributed by atoms with Crippen molar-refractivity contribution in [3.8, 4) is 0 Å². The second-order valence-corrected chi connectivity index (χ2v) is 5.72. The Kier molecular flexibility index (Phi) is 3.79. The van der Waals surface area contributed by atoms with E-state index in [1.165, 1.54) is 24.7 Å². The van der Waals surface area contributed by atoms with Gasteiger partial charge in [-0.1, -0.05) is 0 Å². The summed E-state index contributed by atoms with van der Waals surface area (Å²) in [5.41, 5.74) is 2.90. The summed E-state index contributed by atoms with van der Waals surface area (Å²) in [5, 5.41) is 18.7. The van der Waals surface area contributed by atoms with Crippen molar-refractivity contribution in [3.05, 3.63) is 45.4 Å². The highest BCUT2D eigenvalue weighted by atomic mass is 16.6. The van der Waals surface area contributed by atoms with Crippen molar-refractivity contribution < 1.29 is 4.92 Å². The summed E-state index contributed by atoms with van der Waals surface area (Å²) in [5.74, 6) is 0.626. The van der Waals surface area contributed by atoms with Crippen LogP contribution in [-0.2, 0) is 13.0 Å². The van der Waals surface area contributed by atoms with Gasteiger partial charge in [-0.05, 0) is 45.2 Å². The van der Waals surface area contributed by atoms with Crippen LogP contribution in [0.15, 0.2) is 18.3 Å². The van der Waals surface area contributed by atoms with Gasteiger partial charge in [0.15, 0.2) is 0 Å². The molecule has 7 nitrogen and oxygen atoms in total. The highest BCUT2D eigenvalue weighted by molar-refractivity contribution is 5.47. The van der Waals surface area contributed by atoms with Gasteiger partial charge in [0.05, 0.1) is 16.7 Å². The van der Waals surface area contributed by atoms with Crippen molar-refractivity contribution in [1.29, 1.82) is 0 Å². The SMILES string of the molecule is Cc1cc(NC(C)c2cc3n(n2)CCCC3)ncc1[N+](=O)[O-]. The van der Waals surface area contributed by atoms with E-state index in [4.69, 9.17) is 0 Å². The standard InChI is InChI=1S/C15H19N5O2/c1-10-7-15(16-9-14(10)20(21)22)17-11(2)13-8-12-5-3-4-6-19(12)18-13/h7-9,11H,3-6H2,1-2H3,(H,16,17). The molecule has 22 heavy (non-hydrogen) atoms. The third-order valence-electron chi connectivity index (χ3n) is 4.02. The summed E-state index contributed by atoms with van der Waals surface area (Å²) < 4.78 is 2.07. The Hall–Kier alpha value is -2.44. The van der Waals surface area contributed by atoms with Crippen molar-refractivity contribution in [2.45, 2.75) is 45.7 Å². The maximum absolute atomic E-state index is 10.8. The largest absolute Gasteiger partial charge is 0.362 e. The molecular weight excluding hydrogens is 282 g/mol. The first-order valence-corrected chi connectivity index (χ1v) is 7.49. The smallest absolute Gasteiger partial charge is 0.290 e. The van der Waals surface area contributed by atoms with Crippen LogP contribution in [0.4, 0.5) is 11.5 Å². The van der Waals surface area contributed by atoms with E-state index < -0.39 is 4.92 Å². The second-order valence-electron chi connectivity index (χ2n) is 5.72. The topological polar surface area (TPSA) is 85.9 Å². The van der Waals surface area contributed by atoms with Crippen LogP contribution in [0.25, 0.3) is 0 Å². The highest BCUT2D eigenvalue weighted by Gasteiger charge is 2.17. The Balaban J connectivity index is 1.76. The van der Waals surface area contributed by atoms with Gasteiger partial charge in [0.25, 0.3) is 5.69 Å². The van der Waals surface area contributed by atoms with Crippen LogP contribution in [-0.4, -0.2) is 19.7 Å². The van der Waals surface area contributed by atoms with Gasteiger partial charge in [0, 0.05) is 17.8 Å². The molecule has 0 aromatic carbocycles. The number of fused-ring (bicyclic) bond motifs is 1. The Labute approximate surface area is 128 Å². The lowest BCUT2D eigenvalue weighted by Gasteiger charge is -2.13. The molecule has 0 fully saturated rings. The second kappa shape index (κ2) is 5.75. The Morgan fingerprint density at radius 3 is 2.91 bits per heavy atom. The predicted octanol–water partition coefficient (Wildman–Crippen LogP) is 3.00. The molecule has 0 saturated carbocycles. The van der Waals surface area contributed by atoms with Crippen molar-refractivity contribution in [2.75, 3.05) is 5.32 Å². The van der Waals surface area contributed by atoms with E-state index in [2.05, 4.69) is 26.1 Å². The predicted molar refractivity (Wildman–Crippen MR) is 82.8 cm³/mol. The summed E-state index contributed by atoms with van der Waals surface area (Å²) >= 11 is 0. The minimum absolute atomic E-state index is 0.00598. The van der Waals surface area contributed by atoms with E-state index >= 15 is 0 Å². The Morgan fingerprint density at radius 1 is 1.41 bits per heavy atom. The van der Waals surface area contributed by atoms with Crippen LogP contribution in [0.1, 0.15) is 42.8 Å². The van der Waals surface area contributed by atoms with E-state index in [9.17, 15) is 10.1 Å². The van der Waals surface area contributed by atoms with Crippen LogP contribution in [0.2, 0.25) is 0 Å². The van der Waals surface area contributed by atoms with Crippen molar-refractivity contribution >= 4 is 11.5 Å². The van der Waals surface area contributed by atoms with Crippen molar-refractivity contribution in [2.24, 2.45) is 0 Å². The third kappa shape index (κ3) is 2.79. The zero-order valence-corrected chi connectivity index (χ0v) is 12.7. The number of rotatable bonds is 4. The van der Waals surface area contributed by atoms with Gasteiger partial charge >= 0.3 is 0 Å². The summed E-state index contributed by atoms with van der Waals surface area (Å²) in [6.45, 7) is 4.72. The fraction of sp³-hybridized carbons (Fsp3) is 0.467. The first kappa shape index (κ1) is 14.5. The van der Waals surface area contributed by atoms with E-state index in [-0.39, 0.29) is 11.7 Å². The molecule has 3 rings (SSSR count). The Morgan fingerprint density at radius 2 is 2.23 bits per heavy atom. The molecule has 0 bridgehead atoms. The molecule has 3 heterocycles. The number of nitrogens with one attached hydrogen (secondary N) is 1. The first-order chi connectivity index (χ1) is 10.5. The summed E-state index contributed by atoms with van der Waals surface area (Å²) in [4.78, 5) is 14.5. The molecule has 1 aliphatic heterocycles. The van der Waals surface area contributed by atoms with Crippen LogP contribution in [0, 0.1) is 17.0 Å². The molecule has 2 aromatic rings. The zero-order valence-electron chi connectivity index (χ0n) is 12.7. The fourth-order valence-corrected chi connectivity index (χ4v) is 2.77. The molecular formula is C15H19N5O2. The first-order valence-electron chi connectivity index (χ1n) is 7.49. The van der Waals surface area contributed by atoms with Gasteiger partial charge in [-0.25, -0.2) is 4.98 Å². The quantitative estimate of drug-likeness (QED) is 0.693. The molecule has 116 valence electrons. The number of hydrogen-bond donors (Lipinski definition) is 1. The molecule has 2 aromatic heterocycles. The van der Waals surface area contributed by atoms with Gasteiger partial charge in [0.1, 0.15) is 12.0 Å². The number of aromatic nitrogens is 3. The molecule has 0 radical (unpaired) electrons. The molecule has 1 N–H and O–H groups in total. The third-order valence-corrected chi connectivity index (χ3v) is 4.02. The number of hydrogen-bond acceptors (Lipinski definition) is 5. The number of anilines is 1. The molecule has 7 heteroatoms. The summed E-state index contributed by atoms with van der Waals surface area (Å²) in [7, 11) is 0. The van der Waals surface area contributed by atoms with Crippen LogP contribution in [0.3, 0.4) is 0 Å². The lowest BCUT2D eigenvalue weighted by atomic mass is 10.1. The van der Waals surface area contributed by atoms with Crippen LogP contribution >= 0.6 is 0 Å². The number of pyridine rings is 1. The molecule has 1 aliphatic rings. The molecule has 1 atom stereocenters. The minimum Gasteiger partial charge on any atom is -0.362 e. The summed E-state index contributed by atoms with van der Waals surface area (Å²) in [6.07, 6.45) is 4.77. The van der Waals surface area contributed by atoms with Gasteiger partial charge in [-0.3, -0.25) is 14.8 Å². The normalized spacial score (nSPS) is 15.2. The van der Waals surface area contributed by atoms with Crippen LogP contribution < -0.4 is 5.32 Å². The Bertz CT molecular complexity index is 686. The van der Waals surface area contributed by atoms with E-state index in [0.29, 0.717) is 11.4 Å². The van der Waals surface area contributed by atoms with E-state index in [1.54, 1.807) is 13.0 Å². The number of nitrogens with zero attached hydrogens (tertiary/aromatic N) is 4. The lowest BCUT2D eigenvalue weighted by Crippen LogP contribution is -2.12. The molecule has 0 spiro atoms. The monoisotopic (exact) mass is 301 g/mol. The van der Waals surface area contributed by atoms with E-state index in [1.807, 2.05) is 6.92 Å². The van der Waals surface area contributed by atoms with Crippen LogP contribution in [0.5, 0.6) is 0 Å². The molecule has 0 amide bonds. The van der Waals surface area contributed by atoms with Gasteiger partial charge in [-0.15, -0.1) is 0 Å². The molecule has 0 saturated heterocycles. The molecule has 0 aliphatic carbocycles. The highest BCUT2D eigenvalue weighted by Crippen LogP contribution is 2.24. The van der Waals surface area contributed by atoms with Crippen molar-refractivity contribution in [3.63, 3.8) is 0 Å². The zero-order chi connectivity index (χ0) is 15.7. The van der Waals surface area contributed by atoms with Gasteiger partial charge < -0.3 is 5.32 Å². The minimum atomic E-state index is -0.418. The average Bonchev–Trinajstić information content (AvgIpc) is 2.91. The van der Waals surface area contributed by atoms with Gasteiger partial charge in [-0.2, -0.15) is 5.10 Å². The fourth-order valence-electron chi connectivity index (χ4n) is 2.77. The number of nitro groups is 1. The maximum Gasteiger partial charge on any atom is 0.290 e. The average molecular weight is 301 g/mol. The maximum atomic E-state index is 10.8. The summed E-state index contributed by atoms with van der Waals surface area (Å²) in [6, 6.07) is 3.84. The van der Waals surface area contributed by atoms with E-state index in [0.717, 1.165) is 18.7 Å². The molecule has 1 unspecified atom stereocenters. The van der Waals surface area contributed by atoms with Crippen molar-refractivity contribution in [1.82, 2.24) is 14.8 Å². The van der Waals surface area contributed by atoms with Gasteiger partial charge in [0.2, 0.25) is 0 Å². The number of aryl methyl sites for hydroxylation is 3.